The number of azo groups is 1. The number of amidine groups is 1. The second-order valence-corrected chi connectivity index (χ2v) is 6.67. The molecule has 4 rings (SSSR count). The summed E-state index contributed by atoms with van der Waals surface area (Å²) in [7, 11) is 0. The minimum absolute atomic E-state index is 0.0699. The number of aromatic nitrogens is 2. The van der Waals surface area contributed by atoms with Gasteiger partial charge in [0.2, 0.25) is 0 Å². The van der Waals surface area contributed by atoms with E-state index >= 15 is 0 Å². The van der Waals surface area contributed by atoms with Crippen LogP contribution in [-0.4, -0.2) is 27.3 Å². The summed E-state index contributed by atoms with van der Waals surface area (Å²) < 4.78 is 1.80. The Bertz CT molecular complexity index is 1050. The smallest absolute Gasteiger partial charge is 0.269 e. The summed E-state index contributed by atoms with van der Waals surface area (Å²) in [5.74, 6) is -0.529. The van der Waals surface area contributed by atoms with Gasteiger partial charge in [0.25, 0.3) is 5.79 Å². The van der Waals surface area contributed by atoms with Crippen molar-refractivity contribution in [2.24, 2.45) is 20.2 Å². The van der Waals surface area contributed by atoms with Gasteiger partial charge in [0.15, 0.2) is 5.84 Å². The lowest BCUT2D eigenvalue weighted by Gasteiger charge is -2.28. The van der Waals surface area contributed by atoms with Gasteiger partial charge >= 0.3 is 0 Å². The van der Waals surface area contributed by atoms with Crippen LogP contribution in [0.4, 0.5) is 0 Å². The Labute approximate surface area is 151 Å². The van der Waals surface area contributed by atoms with E-state index in [0.717, 1.165) is 34.8 Å². The Morgan fingerprint density at radius 2 is 2.00 bits per heavy atom. The van der Waals surface area contributed by atoms with Crippen LogP contribution in [-0.2, 0) is 12.2 Å². The highest BCUT2D eigenvalue weighted by Crippen LogP contribution is 2.34. The third-order valence-electron chi connectivity index (χ3n) is 4.92. The number of fused-ring (bicyclic) bond motifs is 2. The van der Waals surface area contributed by atoms with E-state index in [4.69, 9.17) is 10.1 Å². The van der Waals surface area contributed by atoms with Gasteiger partial charge in [-0.2, -0.15) is 5.10 Å². The molecule has 1 N–H and O–H groups in total. The van der Waals surface area contributed by atoms with Crippen molar-refractivity contribution in [1.82, 2.24) is 9.78 Å². The highest BCUT2D eigenvalue weighted by Gasteiger charge is 2.39. The lowest BCUT2D eigenvalue weighted by molar-refractivity contribution is 0.173. The minimum atomic E-state index is -1.08. The molecule has 7 nitrogen and oxygen atoms in total. The first-order valence-electron chi connectivity index (χ1n) is 8.97. The van der Waals surface area contributed by atoms with Crippen LogP contribution in [0.1, 0.15) is 36.7 Å². The van der Waals surface area contributed by atoms with Crippen LogP contribution >= 0.6 is 0 Å². The van der Waals surface area contributed by atoms with Gasteiger partial charge in [0.1, 0.15) is 5.70 Å². The molecule has 0 spiro atoms. The van der Waals surface area contributed by atoms with Crippen LogP contribution in [0, 0.1) is 13.8 Å². The molecular weight excluding hydrogens is 328 g/mol. The molecule has 0 aliphatic carbocycles. The van der Waals surface area contributed by atoms with Crippen molar-refractivity contribution in [1.29, 1.82) is 0 Å². The van der Waals surface area contributed by atoms with Crippen LogP contribution in [0.15, 0.2) is 44.5 Å². The van der Waals surface area contributed by atoms with Gasteiger partial charge in [-0.1, -0.05) is 31.5 Å². The van der Waals surface area contributed by atoms with Crippen molar-refractivity contribution < 1.29 is 5.11 Å². The van der Waals surface area contributed by atoms with Crippen LogP contribution in [0.5, 0.6) is 0 Å². The normalized spacial score (nSPS) is 20.6. The zero-order valence-corrected chi connectivity index (χ0v) is 15.3. The lowest BCUT2D eigenvalue weighted by Crippen LogP contribution is -2.35. The highest BCUT2D eigenvalue weighted by molar-refractivity contribution is 6.18. The van der Waals surface area contributed by atoms with Gasteiger partial charge in [-0.3, -0.25) is 0 Å². The van der Waals surface area contributed by atoms with E-state index in [1.807, 2.05) is 38.1 Å². The van der Waals surface area contributed by atoms with Crippen molar-refractivity contribution in [3.8, 4) is 0 Å². The summed E-state index contributed by atoms with van der Waals surface area (Å²) in [6.07, 6.45) is 2.29. The molecule has 0 bridgehead atoms. The summed E-state index contributed by atoms with van der Waals surface area (Å²) in [6, 6.07) is 7.80. The minimum Gasteiger partial charge on any atom is -0.396 e. The van der Waals surface area contributed by atoms with E-state index in [2.05, 4.69) is 22.1 Å². The number of aryl methyl sites for hydroxylation is 1. The Morgan fingerprint density at radius 1 is 1.19 bits per heavy atom. The van der Waals surface area contributed by atoms with E-state index in [9.17, 15) is 5.11 Å². The summed E-state index contributed by atoms with van der Waals surface area (Å²) >= 11 is 0. The van der Waals surface area contributed by atoms with Gasteiger partial charge in [0, 0.05) is 23.9 Å². The molecule has 134 valence electrons. The van der Waals surface area contributed by atoms with Crippen molar-refractivity contribution in [3.05, 3.63) is 51.8 Å². The van der Waals surface area contributed by atoms with Crippen molar-refractivity contribution in [2.45, 2.75) is 45.8 Å². The highest BCUT2D eigenvalue weighted by atomic mass is 16.3. The molecular formula is C19H22N6O. The van der Waals surface area contributed by atoms with Crippen LogP contribution in [0.3, 0.4) is 0 Å². The fourth-order valence-electron chi connectivity index (χ4n) is 3.64. The van der Waals surface area contributed by atoms with Gasteiger partial charge in [-0.25, -0.2) is 14.7 Å². The number of aliphatic hydroxyl groups excluding tert-OH is 1. The predicted molar refractivity (Wildman–Crippen MR) is 98.3 cm³/mol. The molecule has 0 fully saturated rings. The largest absolute Gasteiger partial charge is 0.396 e. The van der Waals surface area contributed by atoms with Crippen LogP contribution in [0.2, 0.25) is 0 Å². The van der Waals surface area contributed by atoms with Gasteiger partial charge in [-0.05, 0) is 31.9 Å². The molecule has 0 saturated heterocycles. The zero-order chi connectivity index (χ0) is 18.3. The molecule has 1 unspecified atom stereocenters. The molecule has 0 radical (unpaired) electrons. The third-order valence-corrected chi connectivity index (χ3v) is 4.92. The summed E-state index contributed by atoms with van der Waals surface area (Å²) in [6.45, 7) is 6.11. The molecule has 1 aromatic heterocycles. The fourth-order valence-corrected chi connectivity index (χ4v) is 3.64. The molecule has 2 aliphatic heterocycles. The number of rotatable bonds is 5. The average molecular weight is 350 g/mol. The van der Waals surface area contributed by atoms with E-state index in [-0.39, 0.29) is 6.61 Å². The molecule has 7 heteroatoms. The molecule has 2 aromatic rings. The quantitative estimate of drug-likeness (QED) is 0.890. The summed E-state index contributed by atoms with van der Waals surface area (Å²) in [5, 5.41) is 25.1. The van der Waals surface area contributed by atoms with E-state index in [0.29, 0.717) is 18.0 Å². The van der Waals surface area contributed by atoms with Crippen LogP contribution in [0.25, 0.3) is 5.70 Å². The number of hydrogen-bond acceptors (Lipinski definition) is 6. The number of para-hydroxylation sites is 1. The maximum atomic E-state index is 9.68. The Hall–Kier alpha value is -2.67. The Balaban J connectivity index is 1.89. The first kappa shape index (κ1) is 16.8. The number of hydrogen-bond donors (Lipinski definition) is 1. The van der Waals surface area contributed by atoms with Crippen molar-refractivity contribution in [3.63, 3.8) is 0 Å². The fraction of sp³-hybridized carbons (Fsp3) is 0.421. The second-order valence-electron chi connectivity index (χ2n) is 6.67. The zero-order valence-electron chi connectivity index (χ0n) is 15.3. The Kier molecular flexibility index (Phi) is 4.03. The van der Waals surface area contributed by atoms with E-state index in [1.165, 1.54) is 5.56 Å². The summed E-state index contributed by atoms with van der Waals surface area (Å²) in [5.41, 5.74) is 3.88. The third kappa shape index (κ3) is 2.42. The average Bonchev–Trinajstić information content (AvgIpc) is 3.14. The van der Waals surface area contributed by atoms with Crippen molar-refractivity contribution in [2.75, 3.05) is 6.61 Å². The molecule has 1 aromatic carbocycles. The number of benzene rings is 1. The predicted octanol–water partition coefficient (Wildman–Crippen LogP) is 1.75. The first-order chi connectivity index (χ1) is 12.6. The molecule has 3 heterocycles. The van der Waals surface area contributed by atoms with Crippen molar-refractivity contribution >= 4 is 11.5 Å². The molecule has 0 amide bonds. The molecule has 2 aliphatic rings. The number of nitrogens with zero attached hydrogens (tertiary/aromatic N) is 6. The molecule has 1 atom stereocenters. The lowest BCUT2D eigenvalue weighted by atomic mass is 10.1. The standard InChI is InChI=1S/C19H22N6O/c1-4-7-14-12(2)23-25(13(14)3)19(10-11-26)21-18-17(22-24-19)15-8-5-6-9-16(15)20-18/h5-6,8-9,26H,4,7,10-11H2,1-3H3. The Morgan fingerprint density at radius 3 is 2.77 bits per heavy atom. The SMILES string of the molecule is CCCc1c(C)nn(C2(CCO)N=NC3=c4ccccc4=NC3=N2)c1C. The maximum Gasteiger partial charge on any atom is 0.269 e. The summed E-state index contributed by atoms with van der Waals surface area (Å²) in [4.78, 5) is 9.43. The van der Waals surface area contributed by atoms with E-state index < -0.39 is 5.79 Å². The van der Waals surface area contributed by atoms with Gasteiger partial charge < -0.3 is 5.11 Å². The van der Waals surface area contributed by atoms with Crippen LogP contribution < -0.4 is 10.6 Å². The van der Waals surface area contributed by atoms with Gasteiger partial charge in [-0.15, -0.1) is 10.2 Å². The topological polar surface area (TPSA) is 87.5 Å². The molecule has 26 heavy (non-hydrogen) atoms. The number of aliphatic hydroxyl groups is 1. The molecule has 0 saturated carbocycles. The van der Waals surface area contributed by atoms with Gasteiger partial charge in [0.05, 0.1) is 11.1 Å². The monoisotopic (exact) mass is 350 g/mol. The van der Waals surface area contributed by atoms with E-state index in [1.54, 1.807) is 4.68 Å². The first-order valence-corrected chi connectivity index (χ1v) is 8.97. The second kappa shape index (κ2) is 6.25. The number of aliphatic imine (C=N–C) groups is 1. The maximum absolute atomic E-state index is 9.68.